The highest BCUT2D eigenvalue weighted by molar-refractivity contribution is 8.00. The number of hydrogen-bond acceptors (Lipinski definition) is 4. The second kappa shape index (κ2) is 6.15. The predicted molar refractivity (Wildman–Crippen MR) is 79.4 cm³/mol. The Balaban J connectivity index is 2.49. The number of thioether (sulfide) groups is 1. The first-order valence-electron chi connectivity index (χ1n) is 6.58. The molecule has 106 valence electrons. The maximum atomic E-state index is 8.90. The summed E-state index contributed by atoms with van der Waals surface area (Å²) in [5.41, 5.74) is 6.23. The lowest BCUT2D eigenvalue weighted by atomic mass is 9.90. The van der Waals surface area contributed by atoms with E-state index in [1.807, 2.05) is 6.26 Å². The van der Waals surface area contributed by atoms with Gasteiger partial charge in [0.15, 0.2) is 5.84 Å². The molecule has 0 spiro atoms. The summed E-state index contributed by atoms with van der Waals surface area (Å²) in [6.45, 7) is 10.0. The second-order valence-corrected chi connectivity index (χ2v) is 7.53. The zero-order valence-electron chi connectivity index (χ0n) is 12.1. The van der Waals surface area contributed by atoms with Crippen LogP contribution >= 0.6 is 11.8 Å². The maximum Gasteiger partial charge on any atom is 0.155 e. The minimum absolute atomic E-state index is 0.160. The summed E-state index contributed by atoms with van der Waals surface area (Å²) in [6.07, 6.45) is 5.19. The van der Waals surface area contributed by atoms with E-state index in [4.69, 9.17) is 10.9 Å². The van der Waals surface area contributed by atoms with Crippen LogP contribution in [0.15, 0.2) is 5.16 Å². The number of nitrogens with zero attached hydrogens (tertiary/aromatic N) is 2. The summed E-state index contributed by atoms with van der Waals surface area (Å²) in [5.74, 6) is 0.380. The Bertz CT molecular complexity index is 291. The van der Waals surface area contributed by atoms with Crippen LogP contribution in [0.4, 0.5) is 0 Å². The SMILES string of the molecule is CSC1(C(N)=NO)CCN(CCC(C)(C)C)CC1. The van der Waals surface area contributed by atoms with E-state index in [0.29, 0.717) is 11.3 Å². The Morgan fingerprint density at radius 1 is 1.39 bits per heavy atom. The van der Waals surface area contributed by atoms with Gasteiger partial charge in [-0.2, -0.15) is 11.8 Å². The van der Waals surface area contributed by atoms with Gasteiger partial charge in [0.05, 0.1) is 4.75 Å². The number of likely N-dealkylation sites (tertiary alicyclic amines) is 1. The Kier molecular flexibility index (Phi) is 5.34. The number of amidine groups is 1. The van der Waals surface area contributed by atoms with Crippen molar-refractivity contribution in [2.75, 3.05) is 25.9 Å². The Hall–Kier alpha value is -0.420. The van der Waals surface area contributed by atoms with E-state index in [0.717, 1.165) is 32.5 Å². The van der Waals surface area contributed by atoms with Gasteiger partial charge in [-0.15, -0.1) is 0 Å². The first kappa shape index (κ1) is 15.6. The standard InChI is InChI=1S/C13H27N3OS/c1-12(2,3)5-8-16-9-6-13(18-4,7-10-16)11(14)15-17/h17H,5-10H2,1-4H3,(H2,14,15). The van der Waals surface area contributed by atoms with Crippen LogP contribution in [0.3, 0.4) is 0 Å². The average molecular weight is 273 g/mol. The molecular weight excluding hydrogens is 246 g/mol. The van der Waals surface area contributed by atoms with Crippen molar-refractivity contribution >= 4 is 17.6 Å². The molecule has 3 N–H and O–H groups in total. The summed E-state index contributed by atoms with van der Waals surface area (Å²) in [7, 11) is 0. The molecular formula is C13H27N3OS. The third kappa shape index (κ3) is 4.05. The molecule has 0 aromatic heterocycles. The zero-order valence-corrected chi connectivity index (χ0v) is 12.9. The fourth-order valence-corrected chi connectivity index (χ4v) is 3.13. The molecule has 1 rings (SSSR count). The smallest absolute Gasteiger partial charge is 0.155 e. The van der Waals surface area contributed by atoms with E-state index in [1.54, 1.807) is 11.8 Å². The number of rotatable bonds is 4. The van der Waals surface area contributed by atoms with Crippen LogP contribution in [0.5, 0.6) is 0 Å². The van der Waals surface area contributed by atoms with Gasteiger partial charge in [-0.05, 0) is 50.6 Å². The zero-order chi connectivity index (χ0) is 13.8. The van der Waals surface area contributed by atoms with Gasteiger partial charge in [0.1, 0.15) is 0 Å². The third-order valence-electron chi connectivity index (χ3n) is 3.81. The first-order chi connectivity index (χ1) is 8.33. The minimum atomic E-state index is -0.160. The summed E-state index contributed by atoms with van der Waals surface area (Å²) < 4.78 is -0.160. The lowest BCUT2D eigenvalue weighted by Gasteiger charge is -2.40. The third-order valence-corrected chi connectivity index (χ3v) is 5.21. The highest BCUT2D eigenvalue weighted by Gasteiger charge is 2.38. The van der Waals surface area contributed by atoms with Gasteiger partial charge < -0.3 is 15.8 Å². The molecule has 0 amide bonds. The van der Waals surface area contributed by atoms with Crippen LogP contribution in [0.25, 0.3) is 0 Å². The Morgan fingerprint density at radius 3 is 2.33 bits per heavy atom. The number of nitrogens with two attached hydrogens (primary N) is 1. The molecule has 1 heterocycles. The molecule has 1 fully saturated rings. The predicted octanol–water partition coefficient (Wildman–Crippen LogP) is 2.37. The van der Waals surface area contributed by atoms with Gasteiger partial charge in [-0.3, -0.25) is 0 Å². The van der Waals surface area contributed by atoms with Crippen molar-refractivity contribution in [3.63, 3.8) is 0 Å². The van der Waals surface area contributed by atoms with Crippen molar-refractivity contribution in [3.8, 4) is 0 Å². The van der Waals surface area contributed by atoms with Gasteiger partial charge in [0, 0.05) is 0 Å². The molecule has 5 heteroatoms. The first-order valence-corrected chi connectivity index (χ1v) is 7.81. The van der Waals surface area contributed by atoms with Crippen molar-refractivity contribution in [1.29, 1.82) is 0 Å². The van der Waals surface area contributed by atoms with Gasteiger partial charge in [-0.1, -0.05) is 25.9 Å². The highest BCUT2D eigenvalue weighted by atomic mass is 32.2. The maximum absolute atomic E-state index is 8.90. The lowest BCUT2D eigenvalue weighted by Crippen LogP contribution is -2.50. The van der Waals surface area contributed by atoms with Crippen molar-refractivity contribution in [1.82, 2.24) is 4.90 Å². The molecule has 4 nitrogen and oxygen atoms in total. The highest BCUT2D eigenvalue weighted by Crippen LogP contribution is 2.35. The summed E-state index contributed by atoms with van der Waals surface area (Å²) in [5, 5.41) is 12.1. The van der Waals surface area contributed by atoms with E-state index < -0.39 is 0 Å². The molecule has 0 aromatic rings. The van der Waals surface area contributed by atoms with Gasteiger partial charge in [0.25, 0.3) is 0 Å². The number of hydrogen-bond donors (Lipinski definition) is 2. The van der Waals surface area contributed by atoms with Crippen molar-refractivity contribution in [2.24, 2.45) is 16.3 Å². The van der Waals surface area contributed by atoms with Gasteiger partial charge in [0.2, 0.25) is 0 Å². The molecule has 0 aliphatic carbocycles. The van der Waals surface area contributed by atoms with Gasteiger partial charge in [-0.25, -0.2) is 0 Å². The molecule has 1 saturated heterocycles. The quantitative estimate of drug-likeness (QED) is 0.357. The fraction of sp³-hybridized carbons (Fsp3) is 0.923. The van der Waals surface area contributed by atoms with Crippen LogP contribution < -0.4 is 5.73 Å². The molecule has 1 aliphatic rings. The molecule has 0 bridgehead atoms. The van der Waals surface area contributed by atoms with Crippen LogP contribution in [-0.2, 0) is 0 Å². The molecule has 0 aromatic carbocycles. The second-order valence-electron chi connectivity index (χ2n) is 6.34. The van der Waals surface area contributed by atoms with E-state index in [-0.39, 0.29) is 4.75 Å². The summed E-state index contributed by atoms with van der Waals surface area (Å²) >= 11 is 1.71. The van der Waals surface area contributed by atoms with Crippen molar-refractivity contribution in [3.05, 3.63) is 0 Å². The molecule has 0 atom stereocenters. The van der Waals surface area contributed by atoms with Crippen LogP contribution in [0, 0.1) is 5.41 Å². The van der Waals surface area contributed by atoms with Gasteiger partial charge >= 0.3 is 0 Å². The van der Waals surface area contributed by atoms with Crippen LogP contribution in [0.1, 0.15) is 40.0 Å². The molecule has 0 radical (unpaired) electrons. The summed E-state index contributed by atoms with van der Waals surface area (Å²) in [4.78, 5) is 2.49. The normalized spacial score (nSPS) is 22.1. The van der Waals surface area contributed by atoms with E-state index in [1.165, 1.54) is 6.42 Å². The number of oxime groups is 1. The molecule has 0 unspecified atom stereocenters. The Labute approximate surface area is 115 Å². The average Bonchev–Trinajstić information content (AvgIpc) is 2.35. The van der Waals surface area contributed by atoms with E-state index in [9.17, 15) is 0 Å². The van der Waals surface area contributed by atoms with Crippen LogP contribution in [0.2, 0.25) is 0 Å². The monoisotopic (exact) mass is 273 g/mol. The fourth-order valence-electron chi connectivity index (χ4n) is 2.29. The Morgan fingerprint density at radius 2 is 1.94 bits per heavy atom. The van der Waals surface area contributed by atoms with Crippen molar-refractivity contribution in [2.45, 2.75) is 44.8 Å². The topological polar surface area (TPSA) is 61.9 Å². The minimum Gasteiger partial charge on any atom is -0.409 e. The van der Waals surface area contributed by atoms with E-state index >= 15 is 0 Å². The molecule has 0 saturated carbocycles. The van der Waals surface area contributed by atoms with E-state index in [2.05, 4.69) is 30.8 Å². The molecule has 1 aliphatic heterocycles. The summed E-state index contributed by atoms with van der Waals surface area (Å²) in [6, 6.07) is 0. The lowest BCUT2D eigenvalue weighted by molar-refractivity contribution is 0.188. The largest absolute Gasteiger partial charge is 0.409 e. The van der Waals surface area contributed by atoms with Crippen molar-refractivity contribution < 1.29 is 5.21 Å². The molecule has 18 heavy (non-hydrogen) atoms. The van der Waals surface area contributed by atoms with Crippen LogP contribution in [-0.4, -0.2) is 46.6 Å². The number of piperidine rings is 1.